The van der Waals surface area contributed by atoms with Gasteiger partial charge in [-0.15, -0.1) is 10.2 Å². The minimum Gasteiger partial charge on any atom is -0.357 e. The zero-order valence-electron chi connectivity index (χ0n) is 16.4. The first-order valence-corrected chi connectivity index (χ1v) is 9.84. The van der Waals surface area contributed by atoms with Crippen molar-refractivity contribution in [2.75, 3.05) is 26.2 Å². The summed E-state index contributed by atoms with van der Waals surface area (Å²) < 4.78 is 2.04. The minimum atomic E-state index is 0.217. The van der Waals surface area contributed by atoms with Gasteiger partial charge in [-0.05, 0) is 33.1 Å². The Labute approximate surface area is 156 Å². The Morgan fingerprint density at radius 1 is 1.35 bits per heavy atom. The molecule has 1 amide bonds. The molecule has 0 radical (unpaired) electrons. The van der Waals surface area contributed by atoms with Crippen molar-refractivity contribution in [3.8, 4) is 0 Å². The van der Waals surface area contributed by atoms with Gasteiger partial charge in [0.25, 0.3) is 0 Å². The van der Waals surface area contributed by atoms with Crippen LogP contribution in [0.5, 0.6) is 0 Å². The molecule has 1 aliphatic heterocycles. The summed E-state index contributed by atoms with van der Waals surface area (Å²) in [6.45, 7) is 9.94. The molecule has 0 spiro atoms. The number of likely N-dealkylation sites (tertiary alicyclic amines) is 1. The van der Waals surface area contributed by atoms with Crippen LogP contribution in [-0.2, 0) is 17.8 Å². The molecule has 1 aliphatic rings. The average molecular weight is 364 g/mol. The number of aliphatic imine (C=N–C) groups is 1. The van der Waals surface area contributed by atoms with Crippen LogP contribution in [0.15, 0.2) is 11.3 Å². The second-order valence-corrected chi connectivity index (χ2v) is 6.66. The fourth-order valence-electron chi connectivity index (χ4n) is 3.25. The number of piperidine rings is 1. The summed E-state index contributed by atoms with van der Waals surface area (Å²) in [6, 6.07) is 0.364. The lowest BCUT2D eigenvalue weighted by Crippen LogP contribution is -2.42. The number of nitrogens with one attached hydrogen (secondary N) is 2. The molecular formula is C18H33N7O. The normalized spacial score (nSPS) is 18.0. The summed E-state index contributed by atoms with van der Waals surface area (Å²) in [5.74, 6) is 1.95. The molecule has 146 valence electrons. The highest BCUT2D eigenvalue weighted by Gasteiger charge is 2.22. The summed E-state index contributed by atoms with van der Waals surface area (Å²) in [7, 11) is 0. The number of guanidine groups is 1. The monoisotopic (exact) mass is 363 g/mol. The maximum absolute atomic E-state index is 12.4. The maximum Gasteiger partial charge on any atom is 0.224 e. The predicted molar refractivity (Wildman–Crippen MR) is 103 cm³/mol. The third-order valence-electron chi connectivity index (χ3n) is 4.72. The van der Waals surface area contributed by atoms with E-state index in [9.17, 15) is 4.79 Å². The molecular weight excluding hydrogens is 330 g/mol. The molecule has 1 fully saturated rings. The smallest absolute Gasteiger partial charge is 0.224 e. The summed E-state index contributed by atoms with van der Waals surface area (Å²) in [5, 5.41) is 14.6. The van der Waals surface area contributed by atoms with Crippen LogP contribution in [-0.4, -0.2) is 63.8 Å². The number of aromatic nitrogens is 3. The fraction of sp³-hybridized carbons (Fsp3) is 0.778. The van der Waals surface area contributed by atoms with Crippen molar-refractivity contribution in [3.05, 3.63) is 12.2 Å². The quantitative estimate of drug-likeness (QED) is 0.535. The Balaban J connectivity index is 1.77. The van der Waals surface area contributed by atoms with Crippen molar-refractivity contribution in [3.63, 3.8) is 0 Å². The van der Waals surface area contributed by atoms with Crippen LogP contribution in [0.1, 0.15) is 52.3 Å². The first-order valence-electron chi connectivity index (χ1n) is 9.84. The number of aryl methyl sites for hydroxylation is 1. The molecule has 1 aromatic heterocycles. The highest BCUT2D eigenvalue weighted by atomic mass is 16.2. The molecule has 1 aromatic rings. The van der Waals surface area contributed by atoms with Gasteiger partial charge in [0.15, 0.2) is 5.96 Å². The van der Waals surface area contributed by atoms with Crippen molar-refractivity contribution in [1.29, 1.82) is 0 Å². The number of hydrogen-bond acceptors (Lipinski definition) is 4. The van der Waals surface area contributed by atoms with Gasteiger partial charge in [0.1, 0.15) is 12.2 Å². The van der Waals surface area contributed by atoms with E-state index in [1.165, 1.54) is 6.42 Å². The number of carbonyl (C=O) groups is 1. The summed E-state index contributed by atoms with van der Waals surface area (Å²) in [4.78, 5) is 18.9. The molecule has 1 atom stereocenters. The van der Waals surface area contributed by atoms with Crippen molar-refractivity contribution in [1.82, 2.24) is 30.3 Å². The van der Waals surface area contributed by atoms with E-state index in [0.29, 0.717) is 19.0 Å². The van der Waals surface area contributed by atoms with Gasteiger partial charge >= 0.3 is 0 Å². The lowest BCUT2D eigenvalue weighted by atomic mass is 10.0. The van der Waals surface area contributed by atoms with Crippen molar-refractivity contribution in [2.24, 2.45) is 4.99 Å². The maximum atomic E-state index is 12.4. The molecule has 2 heterocycles. The van der Waals surface area contributed by atoms with Crippen molar-refractivity contribution in [2.45, 2.75) is 65.5 Å². The second-order valence-electron chi connectivity index (χ2n) is 6.66. The van der Waals surface area contributed by atoms with E-state index in [-0.39, 0.29) is 5.91 Å². The summed E-state index contributed by atoms with van der Waals surface area (Å²) in [6.07, 6.45) is 6.54. The predicted octanol–water partition coefficient (Wildman–Crippen LogP) is 1.19. The number of hydrogen-bond donors (Lipinski definition) is 2. The van der Waals surface area contributed by atoms with Gasteiger partial charge in [0, 0.05) is 45.1 Å². The molecule has 0 aliphatic carbocycles. The Kier molecular flexibility index (Phi) is 8.37. The van der Waals surface area contributed by atoms with Gasteiger partial charge in [-0.2, -0.15) is 0 Å². The van der Waals surface area contributed by atoms with Crippen molar-refractivity contribution >= 4 is 11.9 Å². The lowest BCUT2D eigenvalue weighted by Gasteiger charge is -2.33. The second kappa shape index (κ2) is 10.8. The van der Waals surface area contributed by atoms with Crippen LogP contribution in [0.2, 0.25) is 0 Å². The SMILES string of the molecule is CCNC(=NCCC(=O)N1CCCCC1C)NCCn1cnnc1CC. The minimum absolute atomic E-state index is 0.217. The zero-order chi connectivity index (χ0) is 18.8. The molecule has 0 saturated carbocycles. The van der Waals surface area contributed by atoms with Crippen LogP contribution in [0, 0.1) is 0 Å². The highest BCUT2D eigenvalue weighted by Crippen LogP contribution is 2.17. The van der Waals surface area contributed by atoms with Crippen LogP contribution < -0.4 is 10.6 Å². The first-order chi connectivity index (χ1) is 12.7. The molecule has 0 bridgehead atoms. The number of amides is 1. The third-order valence-corrected chi connectivity index (χ3v) is 4.72. The Hall–Kier alpha value is -2.12. The standard InChI is InChI=1S/C18H33N7O/c1-4-16-23-22-14-24(16)13-11-21-18(19-5-2)20-10-9-17(26)25-12-7-6-8-15(25)3/h14-15H,4-13H2,1-3H3,(H2,19,20,21). The van der Waals surface area contributed by atoms with Crippen LogP contribution in [0.25, 0.3) is 0 Å². The molecule has 8 heteroatoms. The van der Waals surface area contributed by atoms with Gasteiger partial charge in [-0.25, -0.2) is 0 Å². The van der Waals surface area contributed by atoms with Crippen LogP contribution in [0.3, 0.4) is 0 Å². The zero-order valence-corrected chi connectivity index (χ0v) is 16.4. The first kappa shape index (κ1) is 20.2. The number of nitrogens with zero attached hydrogens (tertiary/aromatic N) is 5. The molecule has 8 nitrogen and oxygen atoms in total. The van der Waals surface area contributed by atoms with Crippen molar-refractivity contribution < 1.29 is 4.79 Å². The molecule has 1 unspecified atom stereocenters. The van der Waals surface area contributed by atoms with E-state index < -0.39 is 0 Å². The van der Waals surface area contributed by atoms with Gasteiger partial charge < -0.3 is 20.1 Å². The van der Waals surface area contributed by atoms with E-state index in [1.807, 2.05) is 16.4 Å². The molecule has 0 aromatic carbocycles. The fourth-order valence-corrected chi connectivity index (χ4v) is 3.25. The highest BCUT2D eigenvalue weighted by molar-refractivity contribution is 5.81. The molecule has 1 saturated heterocycles. The largest absolute Gasteiger partial charge is 0.357 e. The lowest BCUT2D eigenvalue weighted by molar-refractivity contribution is -0.134. The van der Waals surface area contributed by atoms with E-state index in [4.69, 9.17) is 0 Å². The molecule has 2 rings (SSSR count). The Bertz CT molecular complexity index is 584. The number of rotatable bonds is 8. The average Bonchev–Trinajstić information content (AvgIpc) is 3.09. The summed E-state index contributed by atoms with van der Waals surface area (Å²) >= 11 is 0. The Morgan fingerprint density at radius 3 is 2.92 bits per heavy atom. The van der Waals surface area contributed by atoms with Gasteiger partial charge in [0.05, 0.1) is 6.54 Å². The van der Waals surface area contributed by atoms with E-state index in [1.54, 1.807) is 6.33 Å². The van der Waals surface area contributed by atoms with Gasteiger partial charge in [-0.3, -0.25) is 9.79 Å². The van der Waals surface area contributed by atoms with E-state index >= 15 is 0 Å². The Morgan fingerprint density at radius 2 is 2.19 bits per heavy atom. The summed E-state index contributed by atoms with van der Waals surface area (Å²) in [5.41, 5.74) is 0. The van der Waals surface area contributed by atoms with E-state index in [2.05, 4.69) is 39.7 Å². The van der Waals surface area contributed by atoms with Crippen LogP contribution in [0.4, 0.5) is 0 Å². The van der Waals surface area contributed by atoms with Crippen LogP contribution >= 0.6 is 0 Å². The third kappa shape index (κ3) is 6.00. The van der Waals surface area contributed by atoms with E-state index in [0.717, 1.165) is 57.2 Å². The molecule has 2 N–H and O–H groups in total. The molecule has 26 heavy (non-hydrogen) atoms. The topological polar surface area (TPSA) is 87.4 Å². The van der Waals surface area contributed by atoms with Gasteiger partial charge in [0.2, 0.25) is 5.91 Å². The number of carbonyl (C=O) groups excluding carboxylic acids is 1. The van der Waals surface area contributed by atoms with Gasteiger partial charge in [-0.1, -0.05) is 6.92 Å².